The summed E-state index contributed by atoms with van der Waals surface area (Å²) in [6, 6.07) is -0.0881. The third kappa shape index (κ3) is 2.20. The third-order valence-electron chi connectivity index (χ3n) is 1.60. The molecular formula is C7H15N5. The van der Waals surface area contributed by atoms with E-state index in [9.17, 15) is 0 Å². The number of aromatic amines is 1. The average molecular weight is 169 g/mol. The van der Waals surface area contributed by atoms with Crippen molar-refractivity contribution in [2.45, 2.75) is 26.3 Å². The molecule has 0 aromatic carbocycles. The first-order chi connectivity index (χ1) is 5.59. The summed E-state index contributed by atoms with van der Waals surface area (Å²) in [5.41, 5.74) is 11.2. The Hall–Kier alpha value is -1.10. The van der Waals surface area contributed by atoms with Crippen molar-refractivity contribution in [3.05, 3.63) is 5.82 Å². The summed E-state index contributed by atoms with van der Waals surface area (Å²) in [5.74, 6) is 1.47. The van der Waals surface area contributed by atoms with E-state index >= 15 is 0 Å². The van der Waals surface area contributed by atoms with Gasteiger partial charge in [-0.3, -0.25) is 5.10 Å². The number of aromatic nitrogens is 3. The van der Waals surface area contributed by atoms with Gasteiger partial charge in [0.2, 0.25) is 5.95 Å². The van der Waals surface area contributed by atoms with Crippen LogP contribution in [0.2, 0.25) is 0 Å². The number of H-pyrrole nitrogens is 1. The molecule has 0 saturated heterocycles. The Kier molecular flexibility index (Phi) is 2.65. The average Bonchev–Trinajstić information content (AvgIpc) is 2.34. The number of nitrogens with two attached hydrogens (primary N) is 2. The molecule has 5 nitrogen and oxygen atoms in total. The Balaban J connectivity index is 2.58. The van der Waals surface area contributed by atoms with E-state index in [1.54, 1.807) is 0 Å². The molecule has 1 aromatic rings. The first-order valence-electron chi connectivity index (χ1n) is 4.03. The molecular weight excluding hydrogens is 154 g/mol. The lowest BCUT2D eigenvalue weighted by Gasteiger charge is -2.09. The van der Waals surface area contributed by atoms with E-state index in [1.165, 1.54) is 0 Å². The Morgan fingerprint density at radius 2 is 2.17 bits per heavy atom. The second-order valence-electron chi connectivity index (χ2n) is 3.31. The maximum Gasteiger partial charge on any atom is 0.239 e. The molecule has 0 spiro atoms. The largest absolute Gasteiger partial charge is 0.367 e. The van der Waals surface area contributed by atoms with E-state index in [0.29, 0.717) is 11.7 Å². The van der Waals surface area contributed by atoms with Crippen molar-refractivity contribution in [3.63, 3.8) is 0 Å². The molecule has 0 aliphatic heterocycles. The Morgan fingerprint density at radius 3 is 2.58 bits per heavy atom. The van der Waals surface area contributed by atoms with Gasteiger partial charge in [0, 0.05) is 0 Å². The van der Waals surface area contributed by atoms with Crippen LogP contribution in [-0.4, -0.2) is 15.2 Å². The fraction of sp³-hybridized carbons (Fsp3) is 0.714. The van der Waals surface area contributed by atoms with Gasteiger partial charge in [0.05, 0.1) is 6.04 Å². The van der Waals surface area contributed by atoms with Crippen LogP contribution in [0, 0.1) is 5.92 Å². The SMILES string of the molecule is CC(C)CC(N)c1nc(N)n[nH]1. The van der Waals surface area contributed by atoms with E-state index < -0.39 is 0 Å². The van der Waals surface area contributed by atoms with Crippen LogP contribution in [0.3, 0.4) is 0 Å². The lowest BCUT2D eigenvalue weighted by atomic mass is 10.0. The lowest BCUT2D eigenvalue weighted by Crippen LogP contribution is -2.14. The van der Waals surface area contributed by atoms with Crippen LogP contribution in [0.5, 0.6) is 0 Å². The smallest absolute Gasteiger partial charge is 0.239 e. The van der Waals surface area contributed by atoms with E-state index in [4.69, 9.17) is 11.5 Å². The van der Waals surface area contributed by atoms with Gasteiger partial charge in [-0.25, -0.2) is 0 Å². The number of anilines is 1. The molecule has 1 aromatic heterocycles. The van der Waals surface area contributed by atoms with Crippen molar-refractivity contribution in [1.82, 2.24) is 15.2 Å². The molecule has 68 valence electrons. The zero-order valence-electron chi connectivity index (χ0n) is 7.41. The van der Waals surface area contributed by atoms with Crippen LogP contribution >= 0.6 is 0 Å². The summed E-state index contributed by atoms with van der Waals surface area (Å²) in [5, 5.41) is 6.41. The molecule has 0 amide bonds. The lowest BCUT2D eigenvalue weighted by molar-refractivity contribution is 0.494. The highest BCUT2D eigenvalue weighted by Crippen LogP contribution is 2.14. The van der Waals surface area contributed by atoms with Gasteiger partial charge >= 0.3 is 0 Å². The minimum absolute atomic E-state index is 0.0881. The Bertz CT molecular complexity index is 242. The van der Waals surface area contributed by atoms with Gasteiger partial charge in [0.25, 0.3) is 0 Å². The highest BCUT2D eigenvalue weighted by atomic mass is 15.3. The standard InChI is InChI=1S/C7H15N5/c1-4(2)3-5(8)6-10-7(9)12-11-6/h4-5H,3,8H2,1-2H3,(H3,9,10,11,12). The van der Waals surface area contributed by atoms with Crippen molar-refractivity contribution in [1.29, 1.82) is 0 Å². The minimum Gasteiger partial charge on any atom is -0.367 e. The van der Waals surface area contributed by atoms with Gasteiger partial charge in [-0.15, -0.1) is 5.10 Å². The minimum atomic E-state index is -0.0881. The van der Waals surface area contributed by atoms with Crippen LogP contribution in [0.4, 0.5) is 5.95 Å². The molecule has 0 radical (unpaired) electrons. The molecule has 1 atom stereocenters. The predicted octanol–water partition coefficient (Wildman–Crippen LogP) is 0.433. The number of nitrogen functional groups attached to an aromatic ring is 1. The summed E-state index contributed by atoms with van der Waals surface area (Å²) in [4.78, 5) is 3.95. The van der Waals surface area contributed by atoms with Crippen molar-refractivity contribution < 1.29 is 0 Å². The molecule has 0 aliphatic rings. The number of nitrogens with one attached hydrogen (secondary N) is 1. The van der Waals surface area contributed by atoms with Crippen molar-refractivity contribution >= 4 is 5.95 Å². The number of nitrogens with zero attached hydrogens (tertiary/aromatic N) is 2. The van der Waals surface area contributed by atoms with Gasteiger partial charge in [-0.2, -0.15) is 4.98 Å². The molecule has 5 N–H and O–H groups in total. The van der Waals surface area contributed by atoms with Crippen molar-refractivity contribution in [2.24, 2.45) is 11.7 Å². The van der Waals surface area contributed by atoms with Gasteiger partial charge in [0.15, 0.2) is 0 Å². The molecule has 0 bridgehead atoms. The predicted molar refractivity (Wildman–Crippen MR) is 47.2 cm³/mol. The maximum absolute atomic E-state index is 5.82. The second-order valence-corrected chi connectivity index (χ2v) is 3.31. The van der Waals surface area contributed by atoms with Crippen LogP contribution in [0.15, 0.2) is 0 Å². The molecule has 1 rings (SSSR count). The molecule has 5 heteroatoms. The van der Waals surface area contributed by atoms with Gasteiger partial charge < -0.3 is 11.5 Å². The maximum atomic E-state index is 5.82. The van der Waals surface area contributed by atoms with Gasteiger partial charge in [-0.1, -0.05) is 13.8 Å². The summed E-state index contributed by atoms with van der Waals surface area (Å²) in [6.45, 7) is 4.22. The zero-order valence-corrected chi connectivity index (χ0v) is 7.41. The molecule has 12 heavy (non-hydrogen) atoms. The van der Waals surface area contributed by atoms with E-state index in [2.05, 4.69) is 29.0 Å². The van der Waals surface area contributed by atoms with E-state index in [1.807, 2.05) is 0 Å². The van der Waals surface area contributed by atoms with Crippen molar-refractivity contribution in [2.75, 3.05) is 5.73 Å². The zero-order chi connectivity index (χ0) is 9.14. The summed E-state index contributed by atoms with van der Waals surface area (Å²) >= 11 is 0. The first-order valence-corrected chi connectivity index (χ1v) is 4.03. The Labute approximate surface area is 71.6 Å². The quantitative estimate of drug-likeness (QED) is 0.611. The van der Waals surface area contributed by atoms with Crippen LogP contribution in [0.25, 0.3) is 0 Å². The van der Waals surface area contributed by atoms with Gasteiger partial charge in [-0.05, 0) is 12.3 Å². The topological polar surface area (TPSA) is 93.6 Å². The number of rotatable bonds is 3. The fourth-order valence-electron chi connectivity index (χ4n) is 1.07. The summed E-state index contributed by atoms with van der Waals surface area (Å²) < 4.78 is 0. The molecule has 0 fully saturated rings. The molecule has 1 unspecified atom stereocenters. The highest BCUT2D eigenvalue weighted by molar-refractivity contribution is 5.13. The summed E-state index contributed by atoms with van der Waals surface area (Å²) in [7, 11) is 0. The van der Waals surface area contributed by atoms with E-state index in [-0.39, 0.29) is 12.0 Å². The molecule has 1 heterocycles. The van der Waals surface area contributed by atoms with Crippen LogP contribution < -0.4 is 11.5 Å². The normalized spacial score (nSPS) is 13.7. The van der Waals surface area contributed by atoms with Crippen LogP contribution in [-0.2, 0) is 0 Å². The first kappa shape index (κ1) is 8.99. The van der Waals surface area contributed by atoms with Gasteiger partial charge in [0.1, 0.15) is 5.82 Å². The fourth-order valence-corrected chi connectivity index (χ4v) is 1.07. The summed E-state index contributed by atoms with van der Waals surface area (Å²) in [6.07, 6.45) is 0.884. The monoisotopic (exact) mass is 169 g/mol. The highest BCUT2D eigenvalue weighted by Gasteiger charge is 2.11. The molecule has 0 saturated carbocycles. The van der Waals surface area contributed by atoms with Crippen molar-refractivity contribution in [3.8, 4) is 0 Å². The second kappa shape index (κ2) is 3.53. The molecule has 0 aliphatic carbocycles. The Morgan fingerprint density at radius 1 is 1.50 bits per heavy atom. The van der Waals surface area contributed by atoms with E-state index in [0.717, 1.165) is 6.42 Å². The number of hydrogen-bond acceptors (Lipinski definition) is 4. The van der Waals surface area contributed by atoms with Crippen LogP contribution in [0.1, 0.15) is 32.1 Å². The number of hydrogen-bond donors (Lipinski definition) is 3. The third-order valence-corrected chi connectivity index (χ3v) is 1.60.